The van der Waals surface area contributed by atoms with Crippen LogP contribution in [0.4, 0.5) is 11.4 Å². The molecular weight excluding hydrogens is 376 g/mol. The highest BCUT2D eigenvalue weighted by Crippen LogP contribution is 2.34. The summed E-state index contributed by atoms with van der Waals surface area (Å²) in [6.45, 7) is 4.12. The van der Waals surface area contributed by atoms with Gasteiger partial charge in [0.1, 0.15) is 0 Å². The molecule has 0 fully saturated rings. The van der Waals surface area contributed by atoms with Crippen molar-refractivity contribution in [2.45, 2.75) is 43.3 Å². The van der Waals surface area contributed by atoms with Crippen LogP contribution in [0.2, 0.25) is 0 Å². The summed E-state index contributed by atoms with van der Waals surface area (Å²) >= 11 is 1.46. The smallest absolute Gasteiger partial charge is 0.237 e. The number of fused-ring (bicyclic) bond motifs is 1. The van der Waals surface area contributed by atoms with Gasteiger partial charge in [0.15, 0.2) is 11.5 Å². The molecule has 6 nitrogen and oxygen atoms in total. The Balaban J connectivity index is 1.51. The largest absolute Gasteiger partial charge is 0.454 e. The van der Waals surface area contributed by atoms with Crippen molar-refractivity contribution in [1.82, 2.24) is 0 Å². The summed E-state index contributed by atoms with van der Waals surface area (Å²) in [4.78, 5) is 25.2. The summed E-state index contributed by atoms with van der Waals surface area (Å²) in [6, 6.07) is 12.9. The van der Waals surface area contributed by atoms with Crippen molar-refractivity contribution in [3.63, 3.8) is 0 Å². The summed E-state index contributed by atoms with van der Waals surface area (Å²) in [5.41, 5.74) is 1.44. The van der Waals surface area contributed by atoms with Crippen LogP contribution in [0.3, 0.4) is 0 Å². The van der Waals surface area contributed by atoms with Crippen molar-refractivity contribution in [2.24, 2.45) is 0 Å². The summed E-state index contributed by atoms with van der Waals surface area (Å²) in [5, 5.41) is 5.50. The number of hydrogen-bond acceptors (Lipinski definition) is 5. The number of hydrogen-bond donors (Lipinski definition) is 2. The van der Waals surface area contributed by atoms with Crippen molar-refractivity contribution in [3.8, 4) is 11.5 Å². The second-order valence-electron chi connectivity index (χ2n) is 6.49. The number of benzene rings is 2. The van der Waals surface area contributed by atoms with Gasteiger partial charge in [0.2, 0.25) is 18.6 Å². The van der Waals surface area contributed by atoms with Crippen LogP contribution >= 0.6 is 11.8 Å². The van der Waals surface area contributed by atoms with E-state index in [1.165, 1.54) is 11.8 Å². The summed E-state index contributed by atoms with van der Waals surface area (Å²) in [7, 11) is 0. The molecular formula is C21H24N2O4S. The van der Waals surface area contributed by atoms with Gasteiger partial charge in [-0.05, 0) is 49.7 Å². The van der Waals surface area contributed by atoms with Gasteiger partial charge in [-0.2, -0.15) is 0 Å². The zero-order valence-corrected chi connectivity index (χ0v) is 16.8. The molecule has 0 saturated heterocycles. The quantitative estimate of drug-likeness (QED) is 0.630. The molecule has 1 unspecified atom stereocenters. The van der Waals surface area contributed by atoms with E-state index in [9.17, 15) is 9.59 Å². The molecule has 0 aromatic heterocycles. The first-order chi connectivity index (χ1) is 13.5. The number of carbonyl (C=O) groups excluding carboxylic acids is 2. The van der Waals surface area contributed by atoms with Crippen LogP contribution in [0.25, 0.3) is 0 Å². The van der Waals surface area contributed by atoms with Gasteiger partial charge >= 0.3 is 0 Å². The average Bonchev–Trinajstić information content (AvgIpc) is 3.15. The molecule has 0 aliphatic carbocycles. The zero-order chi connectivity index (χ0) is 19.9. The maximum atomic E-state index is 12.5. The van der Waals surface area contributed by atoms with E-state index in [0.717, 1.165) is 23.4 Å². The summed E-state index contributed by atoms with van der Waals surface area (Å²) < 4.78 is 10.6. The highest BCUT2D eigenvalue weighted by Gasteiger charge is 2.17. The normalized spacial score (nSPS) is 13.1. The molecule has 0 radical (unpaired) electrons. The van der Waals surface area contributed by atoms with E-state index in [0.29, 0.717) is 23.6 Å². The first-order valence-corrected chi connectivity index (χ1v) is 10.2. The molecule has 7 heteroatoms. The van der Waals surface area contributed by atoms with E-state index in [1.807, 2.05) is 31.2 Å². The van der Waals surface area contributed by atoms with Crippen molar-refractivity contribution in [1.29, 1.82) is 0 Å². The lowest BCUT2D eigenvalue weighted by Gasteiger charge is -2.13. The molecule has 0 saturated carbocycles. The molecule has 1 heterocycles. The molecule has 2 N–H and O–H groups in total. The lowest BCUT2D eigenvalue weighted by molar-refractivity contribution is -0.116. The number of nitrogens with one attached hydrogen (secondary N) is 2. The molecule has 2 aromatic carbocycles. The number of unbranched alkanes of at least 4 members (excludes halogenated alkanes) is 1. The molecule has 1 atom stereocenters. The van der Waals surface area contributed by atoms with Gasteiger partial charge in [-0.1, -0.05) is 13.3 Å². The second-order valence-corrected chi connectivity index (χ2v) is 7.91. The Morgan fingerprint density at radius 2 is 1.75 bits per heavy atom. The molecule has 28 heavy (non-hydrogen) atoms. The third kappa shape index (κ3) is 5.42. The van der Waals surface area contributed by atoms with Crippen LogP contribution in [0.5, 0.6) is 11.5 Å². The van der Waals surface area contributed by atoms with Gasteiger partial charge in [0.05, 0.1) is 5.25 Å². The van der Waals surface area contributed by atoms with Gasteiger partial charge in [0, 0.05) is 28.8 Å². The molecule has 148 valence electrons. The fourth-order valence-corrected chi connectivity index (χ4v) is 3.52. The van der Waals surface area contributed by atoms with E-state index < -0.39 is 0 Å². The van der Waals surface area contributed by atoms with Gasteiger partial charge in [0.25, 0.3) is 0 Å². The third-order valence-corrected chi connectivity index (χ3v) is 5.33. The average molecular weight is 401 g/mol. The van der Waals surface area contributed by atoms with Crippen LogP contribution in [-0.4, -0.2) is 23.9 Å². The predicted molar refractivity (Wildman–Crippen MR) is 111 cm³/mol. The lowest BCUT2D eigenvalue weighted by Crippen LogP contribution is -2.22. The third-order valence-electron chi connectivity index (χ3n) is 4.22. The molecule has 2 amide bonds. The van der Waals surface area contributed by atoms with Crippen LogP contribution in [0.15, 0.2) is 47.4 Å². The Bertz CT molecular complexity index is 839. The minimum atomic E-state index is -0.282. The Morgan fingerprint density at radius 1 is 1.04 bits per heavy atom. The number of carbonyl (C=O) groups is 2. The number of anilines is 2. The molecule has 2 aromatic rings. The van der Waals surface area contributed by atoms with E-state index in [4.69, 9.17) is 9.47 Å². The monoisotopic (exact) mass is 400 g/mol. The number of amides is 2. The molecule has 1 aliphatic rings. The Hall–Kier alpha value is -2.67. The molecule has 0 spiro atoms. The SMILES string of the molecule is CCCCC(=O)Nc1ccc(SC(C)C(=O)Nc2ccc3c(c2)OCO3)cc1. The number of rotatable bonds is 8. The molecule has 1 aliphatic heterocycles. The van der Waals surface area contributed by atoms with Crippen LogP contribution < -0.4 is 20.1 Å². The first-order valence-electron chi connectivity index (χ1n) is 9.32. The van der Waals surface area contributed by atoms with Crippen LogP contribution in [-0.2, 0) is 9.59 Å². The van der Waals surface area contributed by atoms with E-state index >= 15 is 0 Å². The van der Waals surface area contributed by atoms with Gasteiger partial charge in [-0.3, -0.25) is 9.59 Å². The van der Waals surface area contributed by atoms with Crippen molar-refractivity contribution < 1.29 is 19.1 Å². The fourth-order valence-electron chi connectivity index (χ4n) is 2.65. The maximum absolute atomic E-state index is 12.5. The summed E-state index contributed by atoms with van der Waals surface area (Å²) in [5.74, 6) is 1.25. The zero-order valence-electron chi connectivity index (χ0n) is 16.0. The van der Waals surface area contributed by atoms with Gasteiger partial charge in [-0.15, -0.1) is 11.8 Å². The fraction of sp³-hybridized carbons (Fsp3) is 0.333. The highest BCUT2D eigenvalue weighted by molar-refractivity contribution is 8.00. The minimum Gasteiger partial charge on any atom is -0.454 e. The number of ether oxygens (including phenoxy) is 2. The Labute approximate surface area is 169 Å². The van der Waals surface area contributed by atoms with Crippen molar-refractivity contribution in [3.05, 3.63) is 42.5 Å². The maximum Gasteiger partial charge on any atom is 0.237 e. The lowest BCUT2D eigenvalue weighted by atomic mass is 10.2. The van der Waals surface area contributed by atoms with Crippen molar-refractivity contribution in [2.75, 3.05) is 17.4 Å². The summed E-state index contributed by atoms with van der Waals surface area (Å²) in [6.07, 6.45) is 2.41. The standard InChI is InChI=1S/C21H24N2O4S/c1-3-4-5-20(24)22-15-6-9-17(10-7-15)28-14(2)21(25)23-16-8-11-18-19(12-16)27-13-26-18/h6-12,14H,3-5,13H2,1-2H3,(H,22,24)(H,23,25). The molecule has 3 rings (SSSR count). The first kappa shape index (κ1) is 20.1. The van der Waals surface area contributed by atoms with Crippen molar-refractivity contribution >= 4 is 35.0 Å². The minimum absolute atomic E-state index is 0.0266. The van der Waals surface area contributed by atoms with E-state index in [2.05, 4.69) is 17.6 Å². The van der Waals surface area contributed by atoms with E-state index in [-0.39, 0.29) is 23.9 Å². The second kappa shape index (κ2) is 9.50. The highest BCUT2D eigenvalue weighted by atomic mass is 32.2. The Morgan fingerprint density at radius 3 is 2.50 bits per heavy atom. The number of thioether (sulfide) groups is 1. The van der Waals surface area contributed by atoms with Crippen LogP contribution in [0.1, 0.15) is 33.1 Å². The van der Waals surface area contributed by atoms with Crippen LogP contribution in [0, 0.1) is 0 Å². The predicted octanol–water partition coefficient (Wildman–Crippen LogP) is 4.66. The Kier molecular flexibility index (Phi) is 6.81. The molecule has 0 bridgehead atoms. The topological polar surface area (TPSA) is 76.7 Å². The van der Waals surface area contributed by atoms with Gasteiger partial charge in [-0.25, -0.2) is 0 Å². The van der Waals surface area contributed by atoms with Gasteiger partial charge < -0.3 is 20.1 Å². The van der Waals surface area contributed by atoms with E-state index in [1.54, 1.807) is 18.2 Å².